The lowest BCUT2D eigenvalue weighted by atomic mass is 10.3. The summed E-state index contributed by atoms with van der Waals surface area (Å²) in [6.45, 7) is 2.16. The standard InChI is InChI=1S/C9H10N2O2.C9H12N2O.C8H8N2O2/c1-7(9(12)13)11-6-8-4-2-3-5-10-8;12-7-3-5-10-8-9-4-1-2-6-11-9;11-8(12)6-9-5-7-3-1-2-4-10-7/h2-7H,1H3,(H,12,13);1-2,4,6,8,12H,3,5,7H2;1-5H,6H2,(H,11,12). The number of hydrogen-bond acceptors (Lipinski definition) is 9. The quantitative estimate of drug-likeness (QED) is 0.278. The molecule has 3 rings (SSSR count). The minimum Gasteiger partial charge on any atom is -0.480 e. The first-order valence-electron chi connectivity index (χ1n) is 11.2. The topological polar surface area (TPSA) is 171 Å². The first-order valence-corrected chi connectivity index (χ1v) is 11.2. The van der Waals surface area contributed by atoms with Crippen LogP contribution >= 0.6 is 0 Å². The van der Waals surface area contributed by atoms with Crippen LogP contribution in [0.25, 0.3) is 0 Å². The van der Waals surface area contributed by atoms with E-state index in [-0.39, 0.29) is 13.2 Å². The molecule has 37 heavy (non-hydrogen) atoms. The maximum absolute atomic E-state index is 10.4. The Balaban J connectivity index is 0.000000278. The molecular formula is C26H30N6O5. The zero-order valence-electron chi connectivity index (χ0n) is 20.4. The van der Waals surface area contributed by atoms with Gasteiger partial charge in [-0.1, -0.05) is 18.2 Å². The summed E-state index contributed by atoms with van der Waals surface area (Å²) in [7, 11) is 0. The number of carbonyl (C=O) groups is 2. The first kappa shape index (κ1) is 30.4. The number of rotatable bonds is 10. The smallest absolute Gasteiger partial charge is 0.328 e. The summed E-state index contributed by atoms with van der Waals surface area (Å²) < 4.78 is 0. The highest BCUT2D eigenvalue weighted by Gasteiger charge is 2.06. The van der Waals surface area contributed by atoms with Crippen LogP contribution in [-0.2, 0) is 9.59 Å². The second-order valence-corrected chi connectivity index (χ2v) is 7.03. The number of aliphatic hydroxyl groups excluding tert-OH is 1. The van der Waals surface area contributed by atoms with Crippen LogP contribution in [0.5, 0.6) is 0 Å². The van der Waals surface area contributed by atoms with Gasteiger partial charge < -0.3 is 15.3 Å². The molecule has 0 saturated heterocycles. The molecule has 0 fully saturated rings. The molecule has 0 saturated carbocycles. The van der Waals surface area contributed by atoms with Gasteiger partial charge in [0.15, 0.2) is 0 Å². The minimum absolute atomic E-state index is 0.194. The van der Waals surface area contributed by atoms with Crippen LogP contribution in [0.1, 0.15) is 30.4 Å². The van der Waals surface area contributed by atoms with Crippen molar-refractivity contribution >= 4 is 30.6 Å². The van der Waals surface area contributed by atoms with E-state index in [2.05, 4.69) is 29.9 Å². The number of pyridine rings is 3. The van der Waals surface area contributed by atoms with E-state index < -0.39 is 18.0 Å². The Morgan fingerprint density at radius 3 is 1.70 bits per heavy atom. The Kier molecular flexibility index (Phi) is 16.1. The van der Waals surface area contributed by atoms with Crippen molar-refractivity contribution in [2.75, 3.05) is 19.7 Å². The van der Waals surface area contributed by atoms with Gasteiger partial charge in [-0.25, -0.2) is 4.79 Å². The molecule has 0 aliphatic rings. The van der Waals surface area contributed by atoms with Gasteiger partial charge in [-0.3, -0.25) is 34.7 Å². The van der Waals surface area contributed by atoms with Gasteiger partial charge in [0.1, 0.15) is 12.6 Å². The summed E-state index contributed by atoms with van der Waals surface area (Å²) in [6.07, 6.45) is 10.3. The maximum Gasteiger partial charge on any atom is 0.328 e. The fraction of sp³-hybridized carbons (Fsp3) is 0.231. The van der Waals surface area contributed by atoms with Gasteiger partial charge in [0.05, 0.1) is 17.1 Å². The number of aliphatic hydroxyl groups is 1. The zero-order valence-corrected chi connectivity index (χ0v) is 20.4. The maximum atomic E-state index is 10.4. The van der Waals surface area contributed by atoms with Crippen molar-refractivity contribution < 1.29 is 24.9 Å². The molecule has 1 unspecified atom stereocenters. The van der Waals surface area contributed by atoms with Gasteiger partial charge in [0.25, 0.3) is 0 Å². The Morgan fingerprint density at radius 1 is 0.811 bits per heavy atom. The van der Waals surface area contributed by atoms with Crippen molar-refractivity contribution in [3.05, 3.63) is 90.3 Å². The molecule has 0 aromatic carbocycles. The Bertz CT molecular complexity index is 1110. The molecule has 11 heteroatoms. The monoisotopic (exact) mass is 506 g/mol. The van der Waals surface area contributed by atoms with Gasteiger partial charge in [0.2, 0.25) is 0 Å². The lowest BCUT2D eigenvalue weighted by Crippen LogP contribution is -2.13. The molecule has 3 N–H and O–H groups in total. The van der Waals surface area contributed by atoms with Crippen LogP contribution in [0.4, 0.5) is 0 Å². The van der Waals surface area contributed by atoms with Crippen molar-refractivity contribution in [1.29, 1.82) is 0 Å². The molecular weight excluding hydrogens is 476 g/mol. The number of carboxylic acid groups (broad SMARTS) is 2. The van der Waals surface area contributed by atoms with Crippen molar-refractivity contribution in [3.8, 4) is 0 Å². The van der Waals surface area contributed by atoms with E-state index in [9.17, 15) is 9.59 Å². The van der Waals surface area contributed by atoms with E-state index >= 15 is 0 Å². The summed E-state index contributed by atoms with van der Waals surface area (Å²) in [4.78, 5) is 44.0. The molecule has 0 aliphatic carbocycles. The largest absolute Gasteiger partial charge is 0.480 e. The van der Waals surface area contributed by atoms with E-state index in [1.165, 1.54) is 19.4 Å². The highest BCUT2D eigenvalue weighted by molar-refractivity contribution is 5.81. The number of carboxylic acids is 2. The summed E-state index contributed by atoms with van der Waals surface area (Å²) in [6, 6.07) is 15.7. The van der Waals surface area contributed by atoms with Crippen LogP contribution in [0.3, 0.4) is 0 Å². The number of aliphatic carboxylic acids is 2. The molecule has 0 spiro atoms. The number of nitrogens with zero attached hydrogens (tertiary/aromatic N) is 6. The van der Waals surface area contributed by atoms with Gasteiger partial charge in [-0.05, 0) is 49.7 Å². The van der Waals surface area contributed by atoms with Crippen LogP contribution in [0.15, 0.2) is 88.2 Å². The van der Waals surface area contributed by atoms with E-state index in [0.717, 1.165) is 5.69 Å². The predicted molar refractivity (Wildman–Crippen MR) is 142 cm³/mol. The summed E-state index contributed by atoms with van der Waals surface area (Å²) >= 11 is 0. The molecule has 11 nitrogen and oxygen atoms in total. The van der Waals surface area contributed by atoms with Gasteiger partial charge in [-0.2, -0.15) is 0 Å². The van der Waals surface area contributed by atoms with E-state index in [0.29, 0.717) is 24.4 Å². The Labute approximate surface area is 215 Å². The highest BCUT2D eigenvalue weighted by Crippen LogP contribution is 1.93. The van der Waals surface area contributed by atoms with Crippen molar-refractivity contribution in [2.24, 2.45) is 15.0 Å². The van der Waals surface area contributed by atoms with E-state index in [1.807, 2.05) is 30.3 Å². The Morgan fingerprint density at radius 2 is 1.30 bits per heavy atom. The SMILES string of the molecule is CC(N=Cc1ccccn1)C(=O)O.O=C(O)CN=Cc1ccccn1.OCCCN=Cc1ccccn1. The third-order valence-electron chi connectivity index (χ3n) is 3.97. The van der Waals surface area contributed by atoms with Crippen LogP contribution in [-0.4, -0.2) is 86.6 Å². The zero-order chi connectivity index (χ0) is 27.1. The van der Waals surface area contributed by atoms with Gasteiger partial charge >= 0.3 is 11.9 Å². The fourth-order valence-electron chi connectivity index (χ4n) is 2.15. The molecule has 3 heterocycles. The molecule has 0 amide bonds. The second-order valence-electron chi connectivity index (χ2n) is 7.03. The van der Waals surface area contributed by atoms with Crippen LogP contribution < -0.4 is 0 Å². The average molecular weight is 507 g/mol. The number of aromatic nitrogens is 3. The minimum atomic E-state index is -0.942. The molecule has 0 bridgehead atoms. The number of hydrogen-bond donors (Lipinski definition) is 3. The Hall–Kier alpha value is -4.64. The average Bonchev–Trinajstić information content (AvgIpc) is 2.92. The third kappa shape index (κ3) is 16.6. The van der Waals surface area contributed by atoms with E-state index in [1.54, 1.807) is 49.1 Å². The molecule has 0 radical (unpaired) electrons. The van der Waals surface area contributed by atoms with Crippen molar-refractivity contribution in [2.45, 2.75) is 19.4 Å². The molecule has 194 valence electrons. The van der Waals surface area contributed by atoms with Crippen LogP contribution in [0, 0.1) is 0 Å². The molecule has 1 atom stereocenters. The van der Waals surface area contributed by atoms with Crippen molar-refractivity contribution in [3.63, 3.8) is 0 Å². The van der Waals surface area contributed by atoms with Crippen LogP contribution in [0.2, 0.25) is 0 Å². The van der Waals surface area contributed by atoms with Gasteiger partial charge in [0, 0.05) is 50.4 Å². The normalized spacial score (nSPS) is 11.4. The van der Waals surface area contributed by atoms with Crippen molar-refractivity contribution in [1.82, 2.24) is 15.0 Å². The lowest BCUT2D eigenvalue weighted by molar-refractivity contribution is -0.138. The number of aliphatic imine (C=N–C) groups is 3. The fourth-order valence-corrected chi connectivity index (χ4v) is 2.15. The molecule has 0 aliphatic heterocycles. The third-order valence-corrected chi connectivity index (χ3v) is 3.97. The summed E-state index contributed by atoms with van der Waals surface area (Å²) in [5, 5.41) is 25.3. The summed E-state index contributed by atoms with van der Waals surface area (Å²) in [5.41, 5.74) is 2.18. The second kappa shape index (κ2) is 19.6. The highest BCUT2D eigenvalue weighted by atomic mass is 16.4. The predicted octanol–water partition coefficient (Wildman–Crippen LogP) is 2.44. The van der Waals surface area contributed by atoms with Gasteiger partial charge in [-0.15, -0.1) is 0 Å². The molecule has 3 aromatic rings. The lowest BCUT2D eigenvalue weighted by Gasteiger charge is -1.96. The first-order chi connectivity index (χ1) is 17.9. The summed E-state index contributed by atoms with van der Waals surface area (Å²) in [5.74, 6) is -1.88. The van der Waals surface area contributed by atoms with E-state index in [4.69, 9.17) is 15.3 Å². The molecule has 3 aromatic heterocycles.